The van der Waals surface area contributed by atoms with Crippen LogP contribution in [0.25, 0.3) is 0 Å². The first-order chi connectivity index (χ1) is 0. The molecule has 0 aromatic carbocycles. The molecule has 6 heteroatoms. The van der Waals surface area contributed by atoms with Crippen LogP contribution in [0.4, 0.5) is 0 Å². The normalized spacial score (nSPS) is 0. The van der Waals surface area contributed by atoms with Crippen molar-refractivity contribution in [1.29, 1.82) is 0 Å². The molecule has 58 valence electrons. The molecule has 0 unspecified atom stereocenters. The van der Waals surface area contributed by atoms with Crippen LogP contribution in [0.1, 0.15) is 0 Å². The van der Waals surface area contributed by atoms with E-state index >= 15 is 0 Å². The molecule has 0 spiro atoms. The summed E-state index contributed by atoms with van der Waals surface area (Å²) < 4.78 is 0. The monoisotopic (exact) mass is 589 g/mol. The van der Waals surface area contributed by atoms with E-state index in [1.54, 1.807) is 0 Å². The van der Waals surface area contributed by atoms with Gasteiger partial charge in [0.25, 0.3) is 0 Å². The van der Waals surface area contributed by atoms with Crippen molar-refractivity contribution in [1.82, 2.24) is 0 Å². The molecule has 0 aliphatic rings. The summed E-state index contributed by atoms with van der Waals surface area (Å²) in [6.45, 7) is 0. The van der Waals surface area contributed by atoms with Crippen molar-refractivity contribution >= 4 is 0 Å². The molecule has 0 rings (SSSR count). The van der Waals surface area contributed by atoms with Gasteiger partial charge in [-0.2, -0.15) is 0 Å². The SMILES string of the molecule is [Ag+].[Ag+].[Ag].[Ag].[Cl-].[I-]. The Morgan fingerprint density at radius 3 is 0.667 bits per heavy atom. The van der Waals surface area contributed by atoms with Crippen LogP contribution in [0.3, 0.4) is 0 Å². The van der Waals surface area contributed by atoms with Crippen molar-refractivity contribution in [2.24, 2.45) is 0 Å². The molecule has 0 bridgehead atoms. The Hall–Kier alpha value is 3.98. The average molecular weight is 594 g/mol. The molecule has 0 nitrogen and oxygen atoms in total. The molecule has 0 saturated carbocycles. The van der Waals surface area contributed by atoms with Crippen molar-refractivity contribution in [3.63, 3.8) is 0 Å². The van der Waals surface area contributed by atoms with Gasteiger partial charge in [-0.3, -0.25) is 0 Å². The van der Waals surface area contributed by atoms with E-state index in [2.05, 4.69) is 0 Å². The molecule has 0 N–H and O–H groups in total. The van der Waals surface area contributed by atoms with Crippen LogP contribution < -0.4 is 36.4 Å². The van der Waals surface area contributed by atoms with Crippen molar-refractivity contribution in [2.75, 3.05) is 0 Å². The van der Waals surface area contributed by atoms with E-state index in [0.717, 1.165) is 0 Å². The van der Waals surface area contributed by atoms with Crippen LogP contribution in [0, 0.1) is 0 Å². The summed E-state index contributed by atoms with van der Waals surface area (Å²) in [5.74, 6) is 0. The zero-order chi connectivity index (χ0) is 0. The molecule has 0 aliphatic heterocycles. The second kappa shape index (κ2) is 36.1. The summed E-state index contributed by atoms with van der Waals surface area (Å²) in [7, 11) is 0. The van der Waals surface area contributed by atoms with E-state index in [9.17, 15) is 0 Å². The van der Waals surface area contributed by atoms with Gasteiger partial charge in [0.1, 0.15) is 0 Å². The van der Waals surface area contributed by atoms with Crippen molar-refractivity contribution < 1.29 is 126 Å². The van der Waals surface area contributed by atoms with Gasteiger partial charge in [-0.05, 0) is 0 Å². The smallest absolute Gasteiger partial charge is 1.00 e. The first-order valence-corrected chi connectivity index (χ1v) is 0. The van der Waals surface area contributed by atoms with Gasteiger partial charge in [-0.25, -0.2) is 0 Å². The molecular weight excluding hydrogens is 594 g/mol. The third kappa shape index (κ3) is 24.5. The van der Waals surface area contributed by atoms with Crippen LogP contribution >= 0.6 is 0 Å². The van der Waals surface area contributed by atoms with Crippen LogP contribution in [-0.2, 0) is 89.5 Å². The maximum atomic E-state index is 0. The van der Waals surface area contributed by atoms with Crippen molar-refractivity contribution in [2.45, 2.75) is 0 Å². The zero-order valence-corrected chi connectivity index (χ0v) is 10.8. The largest absolute Gasteiger partial charge is 1.00 e. The molecule has 6 heavy (non-hydrogen) atoms. The topological polar surface area (TPSA) is 0 Å². The Kier molecular flexibility index (Phi) is 306. The maximum absolute atomic E-state index is 0. The van der Waals surface area contributed by atoms with Gasteiger partial charge in [-0.1, -0.05) is 0 Å². The molecule has 0 heterocycles. The second-order valence-electron chi connectivity index (χ2n) is 0. The van der Waals surface area contributed by atoms with Gasteiger partial charge in [0.2, 0.25) is 0 Å². The molecule has 0 aromatic rings. The van der Waals surface area contributed by atoms with Gasteiger partial charge in [0.05, 0.1) is 0 Å². The van der Waals surface area contributed by atoms with Crippen LogP contribution in [-0.4, -0.2) is 0 Å². The summed E-state index contributed by atoms with van der Waals surface area (Å²) in [4.78, 5) is 0. The fourth-order valence-corrected chi connectivity index (χ4v) is 0. The quantitative estimate of drug-likeness (QED) is 0.194. The van der Waals surface area contributed by atoms with Gasteiger partial charge in [0.15, 0.2) is 0 Å². The minimum Gasteiger partial charge on any atom is -1.00 e. The molecule has 0 atom stereocenters. The molecule has 0 amide bonds. The third-order valence-electron chi connectivity index (χ3n) is 0. The standard InChI is InChI=1S/4Ag.ClH.HI/h;;;;2*1H/q;;2*+1;;/p-2. The minimum absolute atomic E-state index is 0. The number of hydrogen-bond acceptors (Lipinski definition) is 0. The van der Waals surface area contributed by atoms with E-state index in [4.69, 9.17) is 0 Å². The maximum Gasteiger partial charge on any atom is 1.00 e. The van der Waals surface area contributed by atoms with Gasteiger partial charge in [0, 0.05) is 44.8 Å². The Morgan fingerprint density at radius 2 is 0.667 bits per heavy atom. The molecule has 0 fully saturated rings. The third-order valence-corrected chi connectivity index (χ3v) is 0. The van der Waals surface area contributed by atoms with E-state index in [1.165, 1.54) is 0 Å². The van der Waals surface area contributed by atoms with Crippen LogP contribution in [0.5, 0.6) is 0 Å². The number of rotatable bonds is 0. The zero-order valence-electron chi connectivity index (χ0n) is 1.96. The van der Waals surface area contributed by atoms with E-state index in [1.807, 2.05) is 0 Å². The van der Waals surface area contributed by atoms with Gasteiger partial charge >= 0.3 is 44.8 Å². The second-order valence-corrected chi connectivity index (χ2v) is 0. The Balaban J connectivity index is 0. The van der Waals surface area contributed by atoms with Gasteiger partial charge in [-0.15, -0.1) is 0 Å². The van der Waals surface area contributed by atoms with E-state index < -0.39 is 0 Å². The van der Waals surface area contributed by atoms with E-state index in [0.29, 0.717) is 0 Å². The Morgan fingerprint density at radius 1 is 0.667 bits per heavy atom. The molecule has 0 aliphatic carbocycles. The van der Waals surface area contributed by atoms with Crippen LogP contribution in [0.2, 0.25) is 0 Å². The summed E-state index contributed by atoms with van der Waals surface area (Å²) in [6.07, 6.45) is 0. The van der Waals surface area contributed by atoms with Gasteiger partial charge < -0.3 is 36.4 Å². The number of halogens is 2. The van der Waals surface area contributed by atoms with Crippen molar-refractivity contribution in [3.8, 4) is 0 Å². The Labute approximate surface area is 123 Å². The summed E-state index contributed by atoms with van der Waals surface area (Å²) in [5, 5.41) is 0. The molecule has 2 radical (unpaired) electrons. The summed E-state index contributed by atoms with van der Waals surface area (Å²) in [6, 6.07) is 0. The van der Waals surface area contributed by atoms with Crippen molar-refractivity contribution in [3.05, 3.63) is 0 Å². The minimum atomic E-state index is 0. The fourth-order valence-electron chi connectivity index (χ4n) is 0. The molecule has 0 aromatic heterocycles. The first kappa shape index (κ1) is 50.8. The summed E-state index contributed by atoms with van der Waals surface area (Å²) in [5.41, 5.74) is 0. The Bertz CT molecular complexity index is 7.51. The predicted octanol–water partition coefficient (Wildman–Crippen LogP) is -6.00. The van der Waals surface area contributed by atoms with E-state index in [-0.39, 0.29) is 126 Å². The number of hydrogen-bond donors (Lipinski definition) is 0. The fraction of sp³-hybridized carbons (Fsp3) is 0. The van der Waals surface area contributed by atoms with Crippen LogP contribution in [0.15, 0.2) is 0 Å². The molecule has 0 saturated heterocycles. The molecular formula is Ag4ClI. The first-order valence-electron chi connectivity index (χ1n) is 0. The average Bonchev–Trinajstić information content (AvgIpc) is 0. The summed E-state index contributed by atoms with van der Waals surface area (Å²) >= 11 is 0. The predicted molar refractivity (Wildman–Crippen MR) is 0 cm³/mol.